The number of carbonyl (C=O) groups excluding carboxylic acids is 1. The lowest BCUT2D eigenvalue weighted by atomic mass is 10.1. The highest BCUT2D eigenvalue weighted by molar-refractivity contribution is 5.81. The minimum Gasteiger partial charge on any atom is -0.508 e. The summed E-state index contributed by atoms with van der Waals surface area (Å²) in [6.07, 6.45) is 1.35. The highest BCUT2D eigenvalue weighted by Crippen LogP contribution is 2.24. The monoisotopic (exact) mass is 375 g/mol. The fraction of sp³-hybridized carbons (Fsp3) is 0.100. The lowest BCUT2D eigenvalue weighted by Crippen LogP contribution is -2.23. The van der Waals surface area contributed by atoms with Gasteiger partial charge in [0, 0.05) is 11.8 Å². The van der Waals surface area contributed by atoms with Gasteiger partial charge < -0.3 is 20.5 Å². The van der Waals surface area contributed by atoms with Crippen LogP contribution in [0.3, 0.4) is 0 Å². The Morgan fingerprint density at radius 3 is 2.68 bits per heavy atom. The smallest absolute Gasteiger partial charge is 0.333 e. The molecule has 0 amide bonds. The molecular formula is C20H17N5O3. The van der Waals surface area contributed by atoms with Crippen molar-refractivity contribution in [2.75, 3.05) is 17.7 Å². The van der Waals surface area contributed by atoms with Crippen LogP contribution in [0.5, 0.6) is 5.75 Å². The van der Waals surface area contributed by atoms with Crippen molar-refractivity contribution in [3.8, 4) is 11.8 Å². The highest BCUT2D eigenvalue weighted by atomic mass is 16.5. The molecule has 0 aliphatic carbocycles. The maximum Gasteiger partial charge on any atom is 0.333 e. The third kappa shape index (κ3) is 4.34. The average molecular weight is 375 g/mol. The summed E-state index contributed by atoms with van der Waals surface area (Å²) < 4.78 is 4.88. The third-order valence-corrected chi connectivity index (χ3v) is 3.86. The zero-order valence-corrected chi connectivity index (χ0v) is 15.0. The van der Waals surface area contributed by atoms with Crippen LogP contribution in [0.1, 0.15) is 17.2 Å². The molecule has 0 aliphatic rings. The number of ether oxygens (including phenoxy) is 1. The number of aromatic hydroxyl groups is 1. The molecule has 2 aromatic carbocycles. The second-order valence-electron chi connectivity index (χ2n) is 5.75. The molecule has 140 valence electrons. The van der Waals surface area contributed by atoms with E-state index < -0.39 is 12.0 Å². The molecule has 3 rings (SSSR count). The molecule has 3 N–H and O–H groups in total. The molecule has 1 heterocycles. The molecule has 1 unspecified atom stereocenters. The van der Waals surface area contributed by atoms with E-state index in [-0.39, 0.29) is 23.1 Å². The van der Waals surface area contributed by atoms with Crippen molar-refractivity contribution in [1.29, 1.82) is 5.26 Å². The van der Waals surface area contributed by atoms with E-state index >= 15 is 0 Å². The van der Waals surface area contributed by atoms with Crippen molar-refractivity contribution >= 4 is 23.4 Å². The van der Waals surface area contributed by atoms with E-state index in [2.05, 4.69) is 20.6 Å². The lowest BCUT2D eigenvalue weighted by Gasteiger charge is -2.18. The number of carbonyl (C=O) groups is 1. The van der Waals surface area contributed by atoms with Crippen LogP contribution in [0.4, 0.5) is 17.5 Å². The number of rotatable bonds is 6. The Balaban J connectivity index is 1.92. The molecule has 0 radical (unpaired) electrons. The minimum atomic E-state index is -0.846. The topological polar surface area (TPSA) is 120 Å². The van der Waals surface area contributed by atoms with Gasteiger partial charge in [0.25, 0.3) is 0 Å². The van der Waals surface area contributed by atoms with Crippen molar-refractivity contribution in [2.45, 2.75) is 6.04 Å². The van der Waals surface area contributed by atoms with Gasteiger partial charge in [-0.25, -0.2) is 9.78 Å². The predicted molar refractivity (Wildman–Crippen MR) is 103 cm³/mol. The first kappa shape index (κ1) is 18.7. The van der Waals surface area contributed by atoms with Gasteiger partial charge in [0.05, 0.1) is 13.3 Å². The first-order chi connectivity index (χ1) is 13.6. The molecule has 0 spiro atoms. The number of anilines is 3. The SMILES string of the molecule is COC(=O)C(Nc1nc(Nc2cccc(O)c2)ncc1C#N)c1ccccc1. The zero-order chi connectivity index (χ0) is 19.9. The van der Waals surface area contributed by atoms with Gasteiger partial charge in [0.2, 0.25) is 5.95 Å². The van der Waals surface area contributed by atoms with Crippen molar-refractivity contribution in [1.82, 2.24) is 9.97 Å². The maximum atomic E-state index is 12.3. The van der Waals surface area contributed by atoms with Crippen molar-refractivity contribution in [2.24, 2.45) is 0 Å². The largest absolute Gasteiger partial charge is 0.508 e. The number of hydrogen-bond donors (Lipinski definition) is 3. The maximum absolute atomic E-state index is 12.3. The van der Waals surface area contributed by atoms with E-state index in [4.69, 9.17) is 4.74 Å². The number of phenols is 1. The van der Waals surface area contributed by atoms with Gasteiger partial charge in [-0.15, -0.1) is 0 Å². The summed E-state index contributed by atoms with van der Waals surface area (Å²) in [6.45, 7) is 0. The van der Waals surface area contributed by atoms with Gasteiger partial charge in [-0.1, -0.05) is 36.4 Å². The number of aromatic nitrogens is 2. The summed E-state index contributed by atoms with van der Waals surface area (Å²) in [6, 6.07) is 16.6. The van der Waals surface area contributed by atoms with E-state index in [0.717, 1.165) is 0 Å². The normalized spacial score (nSPS) is 11.1. The molecule has 1 atom stereocenters. The molecule has 8 heteroatoms. The fourth-order valence-electron chi connectivity index (χ4n) is 2.53. The Labute approximate surface area is 161 Å². The molecule has 8 nitrogen and oxygen atoms in total. The molecule has 0 saturated heterocycles. The van der Waals surface area contributed by atoms with Gasteiger partial charge in [0.15, 0.2) is 11.9 Å². The number of benzene rings is 2. The lowest BCUT2D eigenvalue weighted by molar-refractivity contribution is -0.141. The number of methoxy groups -OCH3 is 1. The molecule has 0 bridgehead atoms. The van der Waals surface area contributed by atoms with E-state index in [1.165, 1.54) is 19.4 Å². The van der Waals surface area contributed by atoms with E-state index in [0.29, 0.717) is 11.3 Å². The second-order valence-corrected chi connectivity index (χ2v) is 5.75. The molecule has 28 heavy (non-hydrogen) atoms. The van der Waals surface area contributed by atoms with Gasteiger partial charge in [-0.2, -0.15) is 10.2 Å². The Morgan fingerprint density at radius 1 is 1.21 bits per heavy atom. The number of phenolic OH excluding ortho intramolecular Hbond substituents is 1. The Kier molecular flexibility index (Phi) is 5.67. The third-order valence-electron chi connectivity index (χ3n) is 3.86. The molecule has 3 aromatic rings. The Morgan fingerprint density at radius 2 is 2.00 bits per heavy atom. The first-order valence-electron chi connectivity index (χ1n) is 8.33. The molecular weight excluding hydrogens is 358 g/mol. The molecule has 1 aromatic heterocycles. The molecule has 0 saturated carbocycles. The van der Waals surface area contributed by atoms with Crippen LogP contribution in [-0.2, 0) is 9.53 Å². The summed E-state index contributed by atoms with van der Waals surface area (Å²) in [5.74, 6) is -0.0498. The summed E-state index contributed by atoms with van der Waals surface area (Å²) in [5.41, 5.74) is 1.41. The fourth-order valence-corrected chi connectivity index (χ4v) is 2.53. The molecule has 0 aliphatic heterocycles. The highest BCUT2D eigenvalue weighted by Gasteiger charge is 2.23. The van der Waals surface area contributed by atoms with Crippen LogP contribution < -0.4 is 10.6 Å². The Bertz CT molecular complexity index is 1020. The van der Waals surface area contributed by atoms with Crippen LogP contribution in [0.2, 0.25) is 0 Å². The zero-order valence-electron chi connectivity index (χ0n) is 15.0. The number of nitrogens with zero attached hydrogens (tertiary/aromatic N) is 3. The minimum absolute atomic E-state index is 0.0897. The second kappa shape index (κ2) is 8.51. The first-order valence-corrected chi connectivity index (χ1v) is 8.33. The van der Waals surface area contributed by atoms with E-state index in [9.17, 15) is 15.2 Å². The average Bonchev–Trinajstić information content (AvgIpc) is 2.72. The summed E-state index contributed by atoms with van der Waals surface area (Å²) in [7, 11) is 1.29. The van der Waals surface area contributed by atoms with Crippen molar-refractivity contribution in [3.05, 3.63) is 71.9 Å². The van der Waals surface area contributed by atoms with Crippen LogP contribution in [0.25, 0.3) is 0 Å². The van der Waals surface area contributed by atoms with Crippen LogP contribution >= 0.6 is 0 Å². The number of esters is 1. The van der Waals surface area contributed by atoms with Gasteiger partial charge in [-0.3, -0.25) is 0 Å². The van der Waals surface area contributed by atoms with Gasteiger partial charge >= 0.3 is 5.97 Å². The van der Waals surface area contributed by atoms with E-state index in [1.54, 1.807) is 42.5 Å². The van der Waals surface area contributed by atoms with Gasteiger partial charge in [-0.05, 0) is 17.7 Å². The summed E-state index contributed by atoms with van der Waals surface area (Å²) in [5, 5.41) is 24.9. The van der Waals surface area contributed by atoms with E-state index in [1.807, 2.05) is 12.1 Å². The number of hydrogen-bond acceptors (Lipinski definition) is 8. The van der Waals surface area contributed by atoms with Crippen molar-refractivity contribution in [3.63, 3.8) is 0 Å². The molecule has 0 fully saturated rings. The number of nitriles is 1. The van der Waals surface area contributed by atoms with Crippen LogP contribution in [0.15, 0.2) is 60.8 Å². The predicted octanol–water partition coefficient (Wildman–Crippen LogP) is 3.12. The van der Waals surface area contributed by atoms with Crippen LogP contribution in [0, 0.1) is 11.3 Å². The van der Waals surface area contributed by atoms with Crippen molar-refractivity contribution < 1.29 is 14.6 Å². The summed E-state index contributed by atoms with van der Waals surface area (Å²) >= 11 is 0. The van der Waals surface area contributed by atoms with Gasteiger partial charge in [0.1, 0.15) is 17.4 Å². The Hall–Kier alpha value is -4.12. The number of nitrogens with one attached hydrogen (secondary N) is 2. The quantitative estimate of drug-likeness (QED) is 0.562. The van der Waals surface area contributed by atoms with Crippen LogP contribution in [-0.4, -0.2) is 28.2 Å². The standard InChI is InChI=1S/C20H17N5O3/c1-28-19(27)17(13-6-3-2-4-7-13)24-18-14(11-21)12-22-20(25-18)23-15-8-5-9-16(26)10-15/h2-10,12,17,26H,1H3,(H2,22,23,24,25). The summed E-state index contributed by atoms with van der Waals surface area (Å²) in [4.78, 5) is 20.7.